The fourth-order valence-electron chi connectivity index (χ4n) is 7.03. The number of rotatable bonds is 5. The van der Waals surface area contributed by atoms with Crippen LogP contribution in [-0.4, -0.2) is 15.0 Å². The van der Waals surface area contributed by atoms with Crippen molar-refractivity contribution in [2.24, 2.45) is 0 Å². The maximum absolute atomic E-state index is 9.53. The minimum absolute atomic E-state index is 0.0603. The van der Waals surface area contributed by atoms with Gasteiger partial charge in [0.05, 0.1) is 12.3 Å². The molecule has 3 aromatic heterocycles. The molecule has 0 unspecified atom stereocenters. The highest BCUT2D eigenvalue weighted by Crippen LogP contribution is 2.42. The molecule has 0 saturated heterocycles. The lowest BCUT2D eigenvalue weighted by Crippen LogP contribution is -2.00. The second-order valence-electron chi connectivity index (χ2n) is 12.9. The van der Waals surface area contributed by atoms with E-state index in [9.17, 15) is 4.11 Å². The molecule has 8 aromatic carbocycles. The van der Waals surface area contributed by atoms with Gasteiger partial charge in [-0.25, -0.2) is 15.0 Å². The molecular weight excluding hydrogens is 679 g/mol. The third-order valence-electron chi connectivity index (χ3n) is 9.64. The first kappa shape index (κ1) is 22.9. The van der Waals surface area contributed by atoms with Crippen molar-refractivity contribution >= 4 is 64.2 Å². The lowest BCUT2D eigenvalue weighted by molar-refractivity contribution is 0.673. The Hall–Kier alpha value is -6.95. The molecule has 0 bridgehead atoms. The van der Waals surface area contributed by atoms with E-state index in [0.717, 1.165) is 42.4 Å². The summed E-state index contributed by atoms with van der Waals surface area (Å²) in [6, 6.07) is 36.0. The maximum atomic E-state index is 9.53. The van der Waals surface area contributed by atoms with Gasteiger partial charge in [0.25, 0.3) is 0 Å². The topological polar surface area (TPSA) is 51.8 Å². The van der Waals surface area contributed by atoms with Gasteiger partial charge in [-0.3, -0.25) is 0 Å². The van der Waals surface area contributed by atoms with Gasteiger partial charge in [-0.05, 0) is 57.9 Å². The van der Waals surface area contributed by atoms with Gasteiger partial charge in [-0.2, -0.15) is 0 Å². The first-order valence-electron chi connectivity index (χ1n) is 21.8. The molecule has 54 heavy (non-hydrogen) atoms. The van der Waals surface area contributed by atoms with Crippen molar-refractivity contribution in [1.29, 1.82) is 0 Å². The fraction of sp³-hybridized carbons (Fsp3) is 0. The number of hydrogen-bond acceptors (Lipinski definition) is 5. The summed E-state index contributed by atoms with van der Waals surface area (Å²) in [7, 11) is 0. The summed E-state index contributed by atoms with van der Waals surface area (Å²) in [5, 5.41) is 1.68. The first-order chi connectivity index (χ1) is 30.5. The molecule has 3 heterocycles. The van der Waals surface area contributed by atoms with Gasteiger partial charge in [0.15, 0.2) is 17.5 Å². The number of thiophene rings is 1. The van der Waals surface area contributed by atoms with Crippen LogP contribution >= 0.6 is 11.3 Å². The Labute approximate surface area is 327 Å². The average Bonchev–Trinajstić information content (AvgIpc) is 3.91. The molecule has 252 valence electrons. The zero-order chi connectivity index (χ0) is 43.4. The quantitative estimate of drug-likeness (QED) is 0.178. The summed E-state index contributed by atoms with van der Waals surface area (Å²) < 4.78 is 88.1. The lowest BCUT2D eigenvalue weighted by atomic mass is 9.99. The Balaban J connectivity index is 1.15. The van der Waals surface area contributed by atoms with Crippen molar-refractivity contribution < 1.29 is 16.8 Å². The number of hydrogen-bond donors (Lipinski definition) is 0. The molecule has 11 aromatic rings. The highest BCUT2D eigenvalue weighted by Gasteiger charge is 2.18. The average molecular weight is 717 g/mol. The standard InChI is InChI=1S/C49H29N3OS/c1-3-10-30(11-4-1)31-18-20-34(21-19-31)47-50-48(35-23-25-39-40-26-22-33-14-7-8-15-38(33)46(40)53-42(39)28-35)52-49(51-47)36-24-27-41-44(29-36)54-43-17-9-16-37(45(41)43)32-12-5-2-6-13-32/h1-29H/i7D,8D,14D,15D,22D,23D,25D,26D,28D. The summed E-state index contributed by atoms with van der Waals surface area (Å²) in [5.74, 6) is 0.477. The monoisotopic (exact) mass is 716 g/mol. The van der Waals surface area contributed by atoms with E-state index in [1.807, 2.05) is 84.9 Å². The van der Waals surface area contributed by atoms with Crippen LogP contribution in [0.3, 0.4) is 0 Å². The van der Waals surface area contributed by atoms with Crippen LogP contribution in [0.25, 0.3) is 109 Å². The molecule has 0 spiro atoms. The Kier molecular flexibility index (Phi) is 5.22. The van der Waals surface area contributed by atoms with E-state index >= 15 is 0 Å². The van der Waals surface area contributed by atoms with Crippen LogP contribution in [0.5, 0.6) is 0 Å². The van der Waals surface area contributed by atoms with Gasteiger partial charge < -0.3 is 4.42 Å². The predicted octanol–water partition coefficient (Wildman–Crippen LogP) is 13.6. The van der Waals surface area contributed by atoms with Crippen molar-refractivity contribution in [1.82, 2.24) is 15.0 Å². The van der Waals surface area contributed by atoms with Crippen LogP contribution in [0, 0.1) is 0 Å². The van der Waals surface area contributed by atoms with E-state index < -0.39 is 48.3 Å². The summed E-state index contributed by atoms with van der Waals surface area (Å²) in [6.07, 6.45) is 0. The zero-order valence-corrected chi connectivity index (χ0v) is 29.0. The molecule has 0 radical (unpaired) electrons. The van der Waals surface area contributed by atoms with Gasteiger partial charge >= 0.3 is 0 Å². The molecule has 0 fully saturated rings. The van der Waals surface area contributed by atoms with Crippen LogP contribution in [0.4, 0.5) is 0 Å². The van der Waals surface area contributed by atoms with E-state index in [0.29, 0.717) is 11.1 Å². The second kappa shape index (κ2) is 12.3. The van der Waals surface area contributed by atoms with E-state index in [1.165, 1.54) is 0 Å². The van der Waals surface area contributed by atoms with E-state index in [4.69, 9.17) is 27.6 Å². The fourth-order valence-corrected chi connectivity index (χ4v) is 8.20. The summed E-state index contributed by atoms with van der Waals surface area (Å²) in [4.78, 5) is 14.7. The summed E-state index contributed by atoms with van der Waals surface area (Å²) in [6.45, 7) is 0. The van der Waals surface area contributed by atoms with Crippen LogP contribution in [0.15, 0.2) is 180 Å². The molecular formula is C49H29N3OS. The van der Waals surface area contributed by atoms with E-state index in [1.54, 1.807) is 11.3 Å². The van der Waals surface area contributed by atoms with Gasteiger partial charge in [0.2, 0.25) is 0 Å². The zero-order valence-electron chi connectivity index (χ0n) is 37.2. The molecule has 5 heteroatoms. The number of furan rings is 1. The summed E-state index contributed by atoms with van der Waals surface area (Å²) in [5.41, 5.74) is 5.06. The van der Waals surface area contributed by atoms with Crippen LogP contribution in [-0.2, 0) is 0 Å². The van der Waals surface area contributed by atoms with Crippen molar-refractivity contribution in [2.75, 3.05) is 0 Å². The molecule has 0 amide bonds. The van der Waals surface area contributed by atoms with E-state index in [-0.39, 0.29) is 61.8 Å². The van der Waals surface area contributed by atoms with Crippen LogP contribution in [0.1, 0.15) is 12.3 Å². The highest BCUT2D eigenvalue weighted by molar-refractivity contribution is 7.26. The Morgan fingerprint density at radius 3 is 1.94 bits per heavy atom. The largest absolute Gasteiger partial charge is 0.455 e. The number of aromatic nitrogens is 3. The number of nitrogens with zero attached hydrogens (tertiary/aromatic N) is 3. The van der Waals surface area contributed by atoms with Gasteiger partial charge in [-0.1, -0.05) is 145 Å². The maximum Gasteiger partial charge on any atom is 0.164 e. The third kappa shape index (κ3) is 5.09. The molecule has 4 nitrogen and oxygen atoms in total. The molecule has 0 aliphatic rings. The minimum atomic E-state index is -0.562. The smallest absolute Gasteiger partial charge is 0.164 e. The molecule has 0 aliphatic heterocycles. The Bertz CT molecular complexity index is 3730. The lowest BCUT2D eigenvalue weighted by Gasteiger charge is -2.09. The van der Waals surface area contributed by atoms with E-state index in [2.05, 4.69) is 36.4 Å². The van der Waals surface area contributed by atoms with Crippen molar-refractivity contribution in [3.05, 3.63) is 176 Å². The molecule has 0 aliphatic carbocycles. The predicted molar refractivity (Wildman–Crippen MR) is 225 cm³/mol. The molecule has 0 N–H and O–H groups in total. The van der Waals surface area contributed by atoms with Crippen LogP contribution < -0.4 is 0 Å². The Morgan fingerprint density at radius 1 is 0.463 bits per heavy atom. The summed E-state index contributed by atoms with van der Waals surface area (Å²) >= 11 is 1.65. The van der Waals surface area contributed by atoms with Crippen molar-refractivity contribution in [3.63, 3.8) is 0 Å². The normalized spacial score (nSPS) is 14.0. The molecule has 11 rings (SSSR count). The minimum Gasteiger partial charge on any atom is -0.455 e. The third-order valence-corrected chi connectivity index (χ3v) is 10.8. The SMILES string of the molecule is [2H]c1c([2H])c([2H])c2c(c1[2H])c([2H])c([2H])c1c2oc2c([2H])c(-c3nc(-c4ccc(-c5ccccc5)cc4)nc(-c4ccc5c(c4)sc4cccc(-c6ccccc6)c45)n3)c([2H])c([2H])c21. The van der Waals surface area contributed by atoms with Crippen molar-refractivity contribution in [3.8, 4) is 56.4 Å². The highest BCUT2D eigenvalue weighted by atomic mass is 32.1. The van der Waals surface area contributed by atoms with Crippen LogP contribution in [0.2, 0.25) is 0 Å². The molecule has 0 saturated carbocycles. The second-order valence-corrected chi connectivity index (χ2v) is 14.0. The van der Waals surface area contributed by atoms with Gasteiger partial charge in [-0.15, -0.1) is 11.3 Å². The van der Waals surface area contributed by atoms with Crippen molar-refractivity contribution in [2.45, 2.75) is 0 Å². The first-order valence-corrected chi connectivity index (χ1v) is 18.1. The molecule has 0 atom stereocenters. The number of fused-ring (bicyclic) bond motifs is 8. The van der Waals surface area contributed by atoms with Gasteiger partial charge in [0, 0.05) is 53.0 Å². The Morgan fingerprint density at radius 2 is 1.13 bits per heavy atom. The number of benzene rings is 8. The van der Waals surface area contributed by atoms with Gasteiger partial charge in [0.1, 0.15) is 11.2 Å².